The summed E-state index contributed by atoms with van der Waals surface area (Å²) >= 11 is 6.03. The number of benzene rings is 3. The SMILES string of the molecule is COc1cc2cc3c(cc2cc1OCCCCCN1CCN(c2ccc(Cl)cc2)CC1)N=C[C@@H]1CCCN1C3=O. The standard InChI is InChI=1S/C32H37ClN4O3/c1-39-30-20-23-18-28-29(34-22-27-6-5-12-37(27)32(28)38)19-24(23)21-31(30)40-17-4-2-3-11-35-13-15-36(16-14-35)26-9-7-25(33)8-10-26/h7-10,18-22,27H,2-6,11-17H2,1H3/t27-/m0/s1. The minimum Gasteiger partial charge on any atom is -0.493 e. The van der Waals surface area contributed by atoms with Gasteiger partial charge in [0.2, 0.25) is 0 Å². The normalized spacial score (nSPS) is 19.1. The molecule has 6 rings (SSSR count). The van der Waals surface area contributed by atoms with Crippen molar-refractivity contribution in [3.8, 4) is 11.5 Å². The maximum absolute atomic E-state index is 13.2. The molecular formula is C32H37ClN4O3. The van der Waals surface area contributed by atoms with Crippen LogP contribution in [0.3, 0.4) is 0 Å². The van der Waals surface area contributed by atoms with E-state index in [-0.39, 0.29) is 11.9 Å². The lowest BCUT2D eigenvalue weighted by Gasteiger charge is -2.36. The van der Waals surface area contributed by atoms with Crippen molar-refractivity contribution in [2.45, 2.75) is 38.1 Å². The molecule has 0 saturated carbocycles. The van der Waals surface area contributed by atoms with Crippen molar-refractivity contribution < 1.29 is 14.3 Å². The Morgan fingerprint density at radius 2 is 1.70 bits per heavy atom. The fraction of sp³-hybridized carbons (Fsp3) is 0.438. The third kappa shape index (κ3) is 5.77. The fourth-order valence-corrected chi connectivity index (χ4v) is 6.17. The van der Waals surface area contributed by atoms with Gasteiger partial charge in [-0.25, -0.2) is 0 Å². The molecule has 2 saturated heterocycles. The zero-order valence-corrected chi connectivity index (χ0v) is 23.9. The van der Waals surface area contributed by atoms with Crippen molar-refractivity contribution in [2.75, 3.05) is 57.9 Å². The third-order valence-electron chi connectivity index (χ3n) is 8.35. The molecule has 3 aromatic carbocycles. The summed E-state index contributed by atoms with van der Waals surface area (Å²) in [6.07, 6.45) is 7.22. The highest BCUT2D eigenvalue weighted by Gasteiger charge is 2.31. The second kappa shape index (κ2) is 12.1. The number of aliphatic imine (C=N–C) groups is 1. The molecule has 1 atom stereocenters. The number of unbranched alkanes of at least 4 members (excludes halogenated alkanes) is 2. The lowest BCUT2D eigenvalue weighted by Crippen LogP contribution is -2.46. The monoisotopic (exact) mass is 560 g/mol. The molecule has 0 spiro atoms. The minimum atomic E-state index is 0.0691. The largest absolute Gasteiger partial charge is 0.493 e. The number of carbonyl (C=O) groups is 1. The number of anilines is 1. The maximum Gasteiger partial charge on any atom is 0.256 e. The highest BCUT2D eigenvalue weighted by atomic mass is 35.5. The fourth-order valence-electron chi connectivity index (χ4n) is 6.04. The molecule has 0 aliphatic carbocycles. The summed E-state index contributed by atoms with van der Waals surface area (Å²) in [5.41, 5.74) is 2.65. The van der Waals surface area contributed by atoms with Gasteiger partial charge in [0.05, 0.1) is 31.0 Å². The van der Waals surface area contributed by atoms with Crippen LogP contribution < -0.4 is 14.4 Å². The Morgan fingerprint density at radius 1 is 0.925 bits per heavy atom. The van der Waals surface area contributed by atoms with Gasteiger partial charge in [-0.1, -0.05) is 11.6 Å². The van der Waals surface area contributed by atoms with E-state index in [9.17, 15) is 4.79 Å². The second-order valence-corrected chi connectivity index (χ2v) is 11.4. The van der Waals surface area contributed by atoms with Gasteiger partial charge in [-0.05, 0) is 98.0 Å². The summed E-state index contributed by atoms with van der Waals surface area (Å²) in [4.78, 5) is 24.8. The zero-order chi connectivity index (χ0) is 27.5. The van der Waals surface area contributed by atoms with Gasteiger partial charge in [0.1, 0.15) is 0 Å². The molecule has 3 heterocycles. The van der Waals surface area contributed by atoms with Crippen LogP contribution in [0.1, 0.15) is 42.5 Å². The third-order valence-corrected chi connectivity index (χ3v) is 8.61. The molecule has 2 fully saturated rings. The molecule has 0 aromatic heterocycles. The van der Waals surface area contributed by atoms with Crippen molar-refractivity contribution >= 4 is 45.9 Å². The Morgan fingerprint density at radius 3 is 2.50 bits per heavy atom. The number of ether oxygens (including phenoxy) is 2. The summed E-state index contributed by atoms with van der Waals surface area (Å²) in [7, 11) is 1.66. The number of halogens is 1. The average molecular weight is 561 g/mol. The molecule has 0 radical (unpaired) electrons. The van der Waals surface area contributed by atoms with Crippen molar-refractivity contribution in [3.63, 3.8) is 0 Å². The Bertz CT molecular complexity index is 1390. The van der Waals surface area contributed by atoms with E-state index in [1.807, 2.05) is 47.5 Å². The van der Waals surface area contributed by atoms with Gasteiger partial charge < -0.3 is 19.3 Å². The molecule has 7 nitrogen and oxygen atoms in total. The number of nitrogens with zero attached hydrogens (tertiary/aromatic N) is 4. The van der Waals surface area contributed by atoms with Crippen molar-refractivity contribution in [2.24, 2.45) is 4.99 Å². The number of carbonyl (C=O) groups excluding carboxylic acids is 1. The second-order valence-electron chi connectivity index (χ2n) is 10.9. The van der Waals surface area contributed by atoms with E-state index in [2.05, 4.69) is 26.9 Å². The van der Waals surface area contributed by atoms with Crippen molar-refractivity contribution in [1.29, 1.82) is 0 Å². The summed E-state index contributed by atoms with van der Waals surface area (Å²) in [6, 6.07) is 16.2. The highest BCUT2D eigenvalue weighted by molar-refractivity contribution is 6.30. The van der Waals surface area contributed by atoms with Crippen LogP contribution in [0.4, 0.5) is 11.4 Å². The van der Waals surface area contributed by atoms with Crippen LogP contribution in [0.5, 0.6) is 11.5 Å². The number of amides is 1. The Balaban J connectivity index is 0.997. The zero-order valence-electron chi connectivity index (χ0n) is 23.2. The number of piperazine rings is 1. The lowest BCUT2D eigenvalue weighted by atomic mass is 10.0. The molecule has 0 unspecified atom stereocenters. The Labute approximate surface area is 241 Å². The molecule has 3 aliphatic heterocycles. The molecule has 1 amide bonds. The van der Waals surface area contributed by atoms with Gasteiger partial charge in [-0.2, -0.15) is 0 Å². The van der Waals surface area contributed by atoms with Crippen LogP contribution in [0.25, 0.3) is 10.8 Å². The summed E-state index contributed by atoms with van der Waals surface area (Å²) in [5, 5.41) is 2.74. The number of rotatable bonds is 9. The first kappa shape index (κ1) is 26.9. The smallest absolute Gasteiger partial charge is 0.256 e. The van der Waals surface area contributed by atoms with Gasteiger partial charge in [-0.15, -0.1) is 0 Å². The van der Waals surface area contributed by atoms with Crippen LogP contribution in [-0.2, 0) is 0 Å². The summed E-state index contributed by atoms with van der Waals surface area (Å²) in [6.45, 7) is 6.84. The topological polar surface area (TPSA) is 57.6 Å². The van der Waals surface area contributed by atoms with Gasteiger partial charge in [0.25, 0.3) is 5.91 Å². The van der Waals surface area contributed by atoms with Crippen LogP contribution in [0.2, 0.25) is 5.02 Å². The van der Waals surface area contributed by atoms with Crippen molar-refractivity contribution in [1.82, 2.24) is 9.80 Å². The van der Waals surface area contributed by atoms with E-state index in [0.29, 0.717) is 17.9 Å². The summed E-state index contributed by atoms with van der Waals surface area (Å²) in [5.74, 6) is 1.49. The van der Waals surface area contributed by atoms with E-state index in [4.69, 9.17) is 21.1 Å². The molecule has 3 aromatic rings. The highest BCUT2D eigenvalue weighted by Crippen LogP contribution is 2.37. The van der Waals surface area contributed by atoms with Crippen LogP contribution in [0.15, 0.2) is 53.5 Å². The predicted octanol–water partition coefficient (Wildman–Crippen LogP) is 6.19. The van der Waals surface area contributed by atoms with Gasteiger partial charge >= 0.3 is 0 Å². The van der Waals surface area contributed by atoms with Crippen molar-refractivity contribution in [3.05, 3.63) is 59.1 Å². The lowest BCUT2D eigenvalue weighted by molar-refractivity contribution is 0.0775. The molecule has 40 heavy (non-hydrogen) atoms. The van der Waals surface area contributed by atoms with Gasteiger partial charge in [-0.3, -0.25) is 14.7 Å². The van der Waals surface area contributed by atoms with Crippen LogP contribution in [0, 0.1) is 0 Å². The number of fused-ring (bicyclic) bond motifs is 3. The Hall–Kier alpha value is -3.29. The first-order valence-electron chi connectivity index (χ1n) is 14.5. The molecule has 0 N–H and O–H groups in total. The first-order chi connectivity index (χ1) is 19.6. The number of hydrogen-bond acceptors (Lipinski definition) is 6. The van der Waals surface area contributed by atoms with E-state index in [0.717, 1.165) is 98.6 Å². The molecule has 8 heteroatoms. The van der Waals surface area contributed by atoms with E-state index in [1.165, 1.54) is 5.69 Å². The summed E-state index contributed by atoms with van der Waals surface area (Å²) < 4.78 is 11.8. The van der Waals surface area contributed by atoms with E-state index >= 15 is 0 Å². The predicted molar refractivity (Wildman–Crippen MR) is 162 cm³/mol. The van der Waals surface area contributed by atoms with Gasteiger partial charge in [0, 0.05) is 49.6 Å². The van der Waals surface area contributed by atoms with E-state index < -0.39 is 0 Å². The number of hydrogen-bond donors (Lipinski definition) is 0. The number of methoxy groups -OCH3 is 1. The quantitative estimate of drug-likeness (QED) is 0.292. The molecule has 210 valence electrons. The average Bonchev–Trinajstić information content (AvgIpc) is 3.41. The minimum absolute atomic E-state index is 0.0691. The van der Waals surface area contributed by atoms with Crippen LogP contribution in [-0.4, -0.2) is 80.9 Å². The van der Waals surface area contributed by atoms with E-state index in [1.54, 1.807) is 7.11 Å². The molecular weight excluding hydrogens is 524 g/mol. The molecule has 3 aliphatic rings. The molecule has 0 bridgehead atoms. The maximum atomic E-state index is 13.2. The van der Waals surface area contributed by atoms with Crippen LogP contribution >= 0.6 is 11.6 Å². The first-order valence-corrected chi connectivity index (χ1v) is 14.8. The Kier molecular flexibility index (Phi) is 8.12. The van der Waals surface area contributed by atoms with Gasteiger partial charge in [0.15, 0.2) is 11.5 Å².